The molecule has 4 nitrogen and oxygen atoms in total. The Morgan fingerprint density at radius 2 is 1.90 bits per heavy atom. The van der Waals surface area contributed by atoms with Gasteiger partial charge in [0, 0.05) is 13.7 Å². The van der Waals surface area contributed by atoms with Crippen molar-refractivity contribution in [1.82, 2.24) is 5.06 Å². The molecule has 20 heavy (non-hydrogen) atoms. The molecule has 0 N–H and O–H groups in total. The lowest BCUT2D eigenvalue weighted by atomic mass is 10.2. The summed E-state index contributed by atoms with van der Waals surface area (Å²) in [4.78, 5) is 5.53. The molecule has 0 aliphatic heterocycles. The zero-order valence-corrected chi connectivity index (χ0v) is 13.8. The fraction of sp³-hybridized carbons (Fsp3) is 0.600. The van der Waals surface area contributed by atoms with Gasteiger partial charge in [0.05, 0.1) is 13.2 Å². The van der Waals surface area contributed by atoms with Crippen LogP contribution >= 0.6 is 7.37 Å². The van der Waals surface area contributed by atoms with Crippen LogP contribution in [0.4, 0.5) is 0 Å². The summed E-state index contributed by atoms with van der Waals surface area (Å²) in [5.74, 6) is -0.375. The number of rotatable bonds is 9. The van der Waals surface area contributed by atoms with Gasteiger partial charge in [0.25, 0.3) is 0 Å². The molecule has 0 spiro atoms. The molecular formula is C15H26NO3P. The van der Waals surface area contributed by atoms with Crippen molar-refractivity contribution in [2.45, 2.75) is 32.5 Å². The number of hydrogen-bond acceptors (Lipinski definition) is 4. The van der Waals surface area contributed by atoms with Gasteiger partial charge in [-0.15, -0.1) is 0 Å². The van der Waals surface area contributed by atoms with Crippen LogP contribution in [0.2, 0.25) is 0 Å². The van der Waals surface area contributed by atoms with Gasteiger partial charge >= 0.3 is 0 Å². The molecule has 0 heterocycles. The predicted molar refractivity (Wildman–Crippen MR) is 83.0 cm³/mol. The summed E-state index contributed by atoms with van der Waals surface area (Å²) in [6, 6.07) is 9.74. The predicted octanol–water partition coefficient (Wildman–Crippen LogP) is 4.29. The molecule has 2 unspecified atom stereocenters. The number of nitrogens with zero attached hydrogens (tertiary/aromatic N) is 1. The Bertz CT molecular complexity index is 424. The summed E-state index contributed by atoms with van der Waals surface area (Å²) in [6.45, 7) is 6.75. The second-order valence-corrected chi connectivity index (χ2v) is 7.41. The van der Waals surface area contributed by atoms with Gasteiger partial charge in [0.1, 0.15) is 5.78 Å². The van der Waals surface area contributed by atoms with Crippen LogP contribution in [0.15, 0.2) is 30.3 Å². The summed E-state index contributed by atoms with van der Waals surface area (Å²) < 4.78 is 18.6. The molecule has 5 heteroatoms. The molecule has 0 bridgehead atoms. The van der Waals surface area contributed by atoms with Gasteiger partial charge in [-0.3, -0.25) is 9.40 Å². The fourth-order valence-electron chi connectivity index (χ4n) is 2.14. The van der Waals surface area contributed by atoms with Gasteiger partial charge in [-0.25, -0.2) is 0 Å². The first kappa shape index (κ1) is 17.4. The molecule has 1 aromatic carbocycles. The Kier molecular flexibility index (Phi) is 7.46. The normalized spacial score (nSPS) is 16.1. The van der Waals surface area contributed by atoms with Crippen LogP contribution in [0, 0.1) is 0 Å². The van der Waals surface area contributed by atoms with Crippen molar-refractivity contribution in [2.24, 2.45) is 0 Å². The Balaban J connectivity index is 2.95. The largest absolute Gasteiger partial charge is 0.327 e. The molecule has 0 aliphatic rings. The first-order chi connectivity index (χ1) is 9.53. The second-order valence-electron chi connectivity index (χ2n) is 4.84. The Labute approximate surface area is 122 Å². The average molecular weight is 299 g/mol. The van der Waals surface area contributed by atoms with Gasteiger partial charge in [-0.1, -0.05) is 43.7 Å². The highest BCUT2D eigenvalue weighted by Gasteiger charge is 2.34. The summed E-state index contributed by atoms with van der Waals surface area (Å²) >= 11 is 0. The van der Waals surface area contributed by atoms with Gasteiger partial charge in [0.15, 0.2) is 0 Å². The second kappa shape index (κ2) is 8.58. The van der Waals surface area contributed by atoms with Crippen LogP contribution in [-0.4, -0.2) is 32.0 Å². The lowest BCUT2D eigenvalue weighted by Gasteiger charge is -2.31. The van der Waals surface area contributed by atoms with E-state index < -0.39 is 7.37 Å². The maximum atomic E-state index is 13.0. The standard InChI is InChI=1S/C15H26NO3P/c1-5-7-13-19-20(4,17)15(16(3)18-6-2)14-11-9-8-10-12-14/h8-12,15H,5-7,13H2,1-4H3. The van der Waals surface area contributed by atoms with E-state index >= 15 is 0 Å². The van der Waals surface area contributed by atoms with Crippen molar-refractivity contribution in [3.05, 3.63) is 35.9 Å². The van der Waals surface area contributed by atoms with Crippen molar-refractivity contribution in [2.75, 3.05) is 26.9 Å². The molecule has 1 aromatic rings. The van der Waals surface area contributed by atoms with Gasteiger partial charge < -0.3 is 4.52 Å². The minimum atomic E-state index is -2.84. The fourth-order valence-corrected chi connectivity index (χ4v) is 4.14. The van der Waals surface area contributed by atoms with Crippen molar-refractivity contribution in [1.29, 1.82) is 0 Å². The van der Waals surface area contributed by atoms with E-state index in [4.69, 9.17) is 9.36 Å². The molecule has 0 radical (unpaired) electrons. The zero-order valence-electron chi connectivity index (χ0n) is 12.9. The molecule has 0 aromatic heterocycles. The Hall–Kier alpha value is -0.670. The van der Waals surface area contributed by atoms with E-state index in [2.05, 4.69) is 6.92 Å². The van der Waals surface area contributed by atoms with Gasteiger partial charge in [-0.2, -0.15) is 5.06 Å². The first-order valence-corrected chi connectivity index (χ1v) is 9.29. The number of benzene rings is 1. The van der Waals surface area contributed by atoms with Crippen LogP contribution in [0.1, 0.15) is 38.0 Å². The Morgan fingerprint density at radius 3 is 2.45 bits per heavy atom. The highest BCUT2D eigenvalue weighted by atomic mass is 31.2. The molecule has 0 amide bonds. The molecule has 2 atom stereocenters. The maximum absolute atomic E-state index is 13.0. The highest BCUT2D eigenvalue weighted by Crippen LogP contribution is 2.58. The molecule has 0 fully saturated rings. The summed E-state index contributed by atoms with van der Waals surface area (Å²) in [5, 5.41) is 1.65. The summed E-state index contributed by atoms with van der Waals surface area (Å²) in [7, 11) is -1.03. The van der Waals surface area contributed by atoms with Crippen molar-refractivity contribution in [3.63, 3.8) is 0 Å². The number of hydrogen-bond donors (Lipinski definition) is 0. The van der Waals surface area contributed by atoms with E-state index in [1.165, 1.54) is 0 Å². The summed E-state index contributed by atoms with van der Waals surface area (Å²) in [5.41, 5.74) is 0.950. The van der Waals surface area contributed by atoms with E-state index in [0.29, 0.717) is 13.2 Å². The van der Waals surface area contributed by atoms with Crippen molar-refractivity contribution in [3.8, 4) is 0 Å². The smallest absolute Gasteiger partial charge is 0.223 e. The molecule has 114 valence electrons. The van der Waals surface area contributed by atoms with Crippen LogP contribution in [-0.2, 0) is 13.9 Å². The zero-order chi connectivity index (χ0) is 15.0. The van der Waals surface area contributed by atoms with Crippen LogP contribution in [0.5, 0.6) is 0 Å². The van der Waals surface area contributed by atoms with Crippen molar-refractivity contribution >= 4 is 7.37 Å². The van der Waals surface area contributed by atoms with Crippen LogP contribution in [0.3, 0.4) is 0 Å². The Morgan fingerprint density at radius 1 is 1.25 bits per heavy atom. The third-order valence-corrected chi connectivity index (χ3v) is 5.27. The minimum Gasteiger partial charge on any atom is -0.327 e. The highest BCUT2D eigenvalue weighted by molar-refractivity contribution is 7.58. The molecule has 0 aliphatic carbocycles. The van der Waals surface area contributed by atoms with E-state index in [-0.39, 0.29) is 5.78 Å². The SMILES string of the molecule is CCCCOP(C)(=O)C(c1ccccc1)N(C)OCC. The lowest BCUT2D eigenvalue weighted by Crippen LogP contribution is -2.25. The first-order valence-electron chi connectivity index (χ1n) is 7.15. The quantitative estimate of drug-likeness (QED) is 0.387. The van der Waals surface area contributed by atoms with Gasteiger partial charge in [-0.05, 0) is 18.9 Å². The van der Waals surface area contributed by atoms with Crippen LogP contribution < -0.4 is 0 Å². The maximum Gasteiger partial charge on any atom is 0.223 e. The van der Waals surface area contributed by atoms with E-state index in [9.17, 15) is 4.57 Å². The van der Waals surface area contributed by atoms with E-state index in [1.54, 1.807) is 18.8 Å². The number of unbranched alkanes of at least 4 members (excludes halogenated alkanes) is 1. The third kappa shape index (κ3) is 5.02. The minimum absolute atomic E-state index is 0.375. The summed E-state index contributed by atoms with van der Waals surface area (Å²) in [6.07, 6.45) is 1.94. The number of hydroxylamine groups is 2. The van der Waals surface area contributed by atoms with Crippen LogP contribution in [0.25, 0.3) is 0 Å². The molecule has 0 saturated heterocycles. The monoisotopic (exact) mass is 299 g/mol. The van der Waals surface area contributed by atoms with E-state index in [1.807, 2.05) is 37.3 Å². The molecule has 1 rings (SSSR count). The molecular weight excluding hydrogens is 273 g/mol. The third-order valence-electron chi connectivity index (χ3n) is 3.06. The average Bonchev–Trinajstić information content (AvgIpc) is 2.40. The van der Waals surface area contributed by atoms with E-state index in [0.717, 1.165) is 18.4 Å². The molecule has 0 saturated carbocycles. The van der Waals surface area contributed by atoms with Crippen molar-refractivity contribution < 1.29 is 13.9 Å². The lowest BCUT2D eigenvalue weighted by molar-refractivity contribution is -0.148. The van der Waals surface area contributed by atoms with Gasteiger partial charge in [0.2, 0.25) is 7.37 Å². The topological polar surface area (TPSA) is 38.8 Å².